The summed E-state index contributed by atoms with van der Waals surface area (Å²) in [5.74, 6) is 0. The van der Waals surface area contributed by atoms with E-state index in [4.69, 9.17) is 5.73 Å². The predicted molar refractivity (Wildman–Crippen MR) is 62.8 cm³/mol. The van der Waals surface area contributed by atoms with Gasteiger partial charge in [0, 0.05) is 17.4 Å². The second-order valence-corrected chi connectivity index (χ2v) is 3.88. The normalized spacial score (nSPS) is 12.6. The van der Waals surface area contributed by atoms with E-state index < -0.39 is 6.10 Å². The Morgan fingerprint density at radius 2 is 2.19 bits per heavy atom. The molecule has 0 spiro atoms. The third-order valence-corrected chi connectivity index (χ3v) is 2.48. The molecule has 1 atom stereocenters. The Kier molecular flexibility index (Phi) is 2.92. The summed E-state index contributed by atoms with van der Waals surface area (Å²) in [5.41, 5.74) is 8.22. The number of aliphatic hydroxyl groups is 1. The summed E-state index contributed by atoms with van der Waals surface area (Å²) < 4.78 is 1.71. The average Bonchev–Trinajstić information content (AvgIpc) is 2.64. The molecule has 0 saturated carbocycles. The van der Waals surface area contributed by atoms with Crippen molar-refractivity contribution in [1.29, 1.82) is 0 Å². The van der Waals surface area contributed by atoms with Crippen LogP contribution in [0.1, 0.15) is 17.2 Å². The minimum atomic E-state index is -0.625. The van der Waals surface area contributed by atoms with Gasteiger partial charge in [-0.15, -0.1) is 0 Å². The largest absolute Gasteiger partial charge is 0.398 e. The number of para-hydroxylation sites is 1. The Morgan fingerprint density at radius 1 is 1.44 bits per heavy atom. The molecule has 1 aromatic heterocycles. The molecule has 1 unspecified atom stereocenters. The molecule has 1 heterocycles. The summed E-state index contributed by atoms with van der Waals surface area (Å²) in [5, 5.41) is 14.1. The monoisotopic (exact) mass is 217 g/mol. The van der Waals surface area contributed by atoms with Gasteiger partial charge in [-0.2, -0.15) is 5.10 Å². The van der Waals surface area contributed by atoms with Gasteiger partial charge in [0.2, 0.25) is 0 Å². The number of aliphatic hydroxyl groups excluding tert-OH is 1. The first-order chi connectivity index (χ1) is 7.66. The highest BCUT2D eigenvalue weighted by atomic mass is 16.3. The topological polar surface area (TPSA) is 64.1 Å². The maximum absolute atomic E-state index is 10.0. The summed E-state index contributed by atoms with van der Waals surface area (Å²) in [4.78, 5) is 0. The molecule has 84 valence electrons. The number of nitrogen functional groups attached to an aromatic ring is 1. The standard InChI is InChI=1S/C12H15N3O/c1-9-6-14-15(7-9)8-12(16)10-4-2-3-5-11(10)13/h2-7,12,16H,8,13H2,1H3. The van der Waals surface area contributed by atoms with Crippen LogP contribution < -0.4 is 5.73 Å². The maximum Gasteiger partial charge on any atom is 0.101 e. The number of aromatic nitrogens is 2. The van der Waals surface area contributed by atoms with E-state index in [0.29, 0.717) is 12.2 Å². The van der Waals surface area contributed by atoms with Crippen LogP contribution in [0.3, 0.4) is 0 Å². The molecule has 0 aliphatic carbocycles. The Balaban J connectivity index is 2.14. The molecule has 2 aromatic rings. The molecule has 1 aromatic carbocycles. The molecule has 0 fully saturated rings. The van der Waals surface area contributed by atoms with Crippen molar-refractivity contribution in [2.75, 3.05) is 5.73 Å². The minimum absolute atomic E-state index is 0.419. The molecule has 0 radical (unpaired) electrons. The van der Waals surface area contributed by atoms with E-state index in [1.165, 1.54) is 0 Å². The highest BCUT2D eigenvalue weighted by molar-refractivity contribution is 5.47. The number of nitrogens with zero attached hydrogens (tertiary/aromatic N) is 2. The molecule has 4 heteroatoms. The van der Waals surface area contributed by atoms with Crippen molar-refractivity contribution in [2.24, 2.45) is 0 Å². The van der Waals surface area contributed by atoms with Gasteiger partial charge in [-0.1, -0.05) is 18.2 Å². The first-order valence-corrected chi connectivity index (χ1v) is 5.18. The van der Waals surface area contributed by atoms with E-state index in [0.717, 1.165) is 11.1 Å². The Hall–Kier alpha value is -1.81. The van der Waals surface area contributed by atoms with Gasteiger partial charge in [0.1, 0.15) is 6.10 Å². The van der Waals surface area contributed by atoms with Crippen LogP contribution in [0.15, 0.2) is 36.7 Å². The lowest BCUT2D eigenvalue weighted by Gasteiger charge is -2.13. The van der Waals surface area contributed by atoms with Gasteiger partial charge in [0.15, 0.2) is 0 Å². The van der Waals surface area contributed by atoms with Gasteiger partial charge < -0.3 is 10.8 Å². The van der Waals surface area contributed by atoms with Crippen molar-refractivity contribution in [3.63, 3.8) is 0 Å². The third kappa shape index (κ3) is 2.23. The van der Waals surface area contributed by atoms with Crippen LogP contribution in [0.2, 0.25) is 0 Å². The predicted octanol–water partition coefficient (Wildman–Crippen LogP) is 1.51. The Labute approximate surface area is 94.3 Å². The van der Waals surface area contributed by atoms with Gasteiger partial charge in [-0.05, 0) is 18.6 Å². The van der Waals surface area contributed by atoms with Gasteiger partial charge >= 0.3 is 0 Å². The van der Waals surface area contributed by atoms with E-state index in [1.807, 2.05) is 31.3 Å². The smallest absolute Gasteiger partial charge is 0.101 e. The molecule has 4 nitrogen and oxygen atoms in total. The lowest BCUT2D eigenvalue weighted by Crippen LogP contribution is -2.10. The molecule has 0 aliphatic rings. The third-order valence-electron chi connectivity index (χ3n) is 2.48. The van der Waals surface area contributed by atoms with Crippen LogP contribution in [0.4, 0.5) is 5.69 Å². The maximum atomic E-state index is 10.0. The minimum Gasteiger partial charge on any atom is -0.398 e. The zero-order valence-corrected chi connectivity index (χ0v) is 9.17. The number of aryl methyl sites for hydroxylation is 1. The molecule has 0 bridgehead atoms. The summed E-state index contributed by atoms with van der Waals surface area (Å²) in [6, 6.07) is 7.33. The zero-order chi connectivity index (χ0) is 11.5. The van der Waals surface area contributed by atoms with Crippen molar-refractivity contribution >= 4 is 5.69 Å². The molecular weight excluding hydrogens is 202 g/mol. The van der Waals surface area contributed by atoms with E-state index in [-0.39, 0.29) is 0 Å². The zero-order valence-electron chi connectivity index (χ0n) is 9.17. The summed E-state index contributed by atoms with van der Waals surface area (Å²) in [6.45, 7) is 2.38. The highest BCUT2D eigenvalue weighted by Gasteiger charge is 2.11. The fraction of sp³-hybridized carbons (Fsp3) is 0.250. The van der Waals surface area contributed by atoms with Crippen LogP contribution in [0.25, 0.3) is 0 Å². The van der Waals surface area contributed by atoms with Crippen LogP contribution in [-0.4, -0.2) is 14.9 Å². The number of nitrogens with two attached hydrogens (primary N) is 1. The van der Waals surface area contributed by atoms with Gasteiger partial charge in [0.25, 0.3) is 0 Å². The van der Waals surface area contributed by atoms with E-state index in [2.05, 4.69) is 5.10 Å². The lowest BCUT2D eigenvalue weighted by atomic mass is 10.1. The Bertz CT molecular complexity index is 479. The number of rotatable bonds is 3. The molecule has 2 rings (SSSR count). The van der Waals surface area contributed by atoms with Crippen LogP contribution >= 0.6 is 0 Å². The van der Waals surface area contributed by atoms with Gasteiger partial charge in [-0.3, -0.25) is 4.68 Å². The quantitative estimate of drug-likeness (QED) is 0.766. The molecule has 3 N–H and O–H groups in total. The lowest BCUT2D eigenvalue weighted by molar-refractivity contribution is 0.152. The molecule has 0 aliphatic heterocycles. The fourth-order valence-corrected chi connectivity index (χ4v) is 1.66. The van der Waals surface area contributed by atoms with Crippen LogP contribution in [0, 0.1) is 6.92 Å². The highest BCUT2D eigenvalue weighted by Crippen LogP contribution is 2.21. The first kappa shape index (κ1) is 10.7. The van der Waals surface area contributed by atoms with Crippen molar-refractivity contribution < 1.29 is 5.11 Å². The van der Waals surface area contributed by atoms with Crippen LogP contribution in [-0.2, 0) is 6.54 Å². The summed E-state index contributed by atoms with van der Waals surface area (Å²) in [6.07, 6.45) is 3.03. The Morgan fingerprint density at radius 3 is 2.81 bits per heavy atom. The summed E-state index contributed by atoms with van der Waals surface area (Å²) in [7, 11) is 0. The van der Waals surface area contributed by atoms with E-state index in [9.17, 15) is 5.11 Å². The first-order valence-electron chi connectivity index (χ1n) is 5.18. The van der Waals surface area contributed by atoms with Crippen molar-refractivity contribution in [1.82, 2.24) is 9.78 Å². The second-order valence-electron chi connectivity index (χ2n) is 3.88. The van der Waals surface area contributed by atoms with Gasteiger partial charge in [-0.25, -0.2) is 0 Å². The molecular formula is C12H15N3O. The van der Waals surface area contributed by atoms with E-state index in [1.54, 1.807) is 16.9 Å². The van der Waals surface area contributed by atoms with Gasteiger partial charge in [0.05, 0.1) is 12.7 Å². The second kappa shape index (κ2) is 4.37. The van der Waals surface area contributed by atoms with Crippen LogP contribution in [0.5, 0.6) is 0 Å². The molecule has 16 heavy (non-hydrogen) atoms. The van der Waals surface area contributed by atoms with Crippen molar-refractivity contribution in [3.05, 3.63) is 47.8 Å². The number of anilines is 1. The molecule has 0 amide bonds. The molecule has 0 saturated heterocycles. The number of hydrogen-bond acceptors (Lipinski definition) is 3. The van der Waals surface area contributed by atoms with E-state index >= 15 is 0 Å². The van der Waals surface area contributed by atoms with Crippen molar-refractivity contribution in [3.8, 4) is 0 Å². The summed E-state index contributed by atoms with van der Waals surface area (Å²) >= 11 is 0. The average molecular weight is 217 g/mol. The van der Waals surface area contributed by atoms with Crippen molar-refractivity contribution in [2.45, 2.75) is 19.6 Å². The number of benzene rings is 1. The number of hydrogen-bond donors (Lipinski definition) is 2. The fourth-order valence-electron chi connectivity index (χ4n) is 1.66. The SMILES string of the molecule is Cc1cnn(CC(O)c2ccccc2N)c1.